The summed E-state index contributed by atoms with van der Waals surface area (Å²) in [6.45, 7) is 2.49. The molecule has 112 valence electrons. The van der Waals surface area contributed by atoms with E-state index in [1.54, 1.807) is 7.11 Å². The van der Waals surface area contributed by atoms with Gasteiger partial charge in [0.05, 0.1) is 18.2 Å². The van der Waals surface area contributed by atoms with Crippen LogP contribution in [-0.4, -0.2) is 20.8 Å². The van der Waals surface area contributed by atoms with E-state index in [1.807, 2.05) is 56.4 Å². The van der Waals surface area contributed by atoms with E-state index in [0.29, 0.717) is 17.4 Å². The molecule has 0 fully saturated rings. The second kappa shape index (κ2) is 7.34. The van der Waals surface area contributed by atoms with Crippen LogP contribution in [0.25, 0.3) is 0 Å². The zero-order valence-corrected chi connectivity index (χ0v) is 13.3. The summed E-state index contributed by atoms with van der Waals surface area (Å²) < 4.78 is 11.1. The highest BCUT2D eigenvalue weighted by molar-refractivity contribution is 6.32. The van der Waals surface area contributed by atoms with Crippen molar-refractivity contribution < 1.29 is 9.47 Å². The van der Waals surface area contributed by atoms with Crippen LogP contribution in [0.3, 0.4) is 0 Å². The van der Waals surface area contributed by atoms with Gasteiger partial charge in [0, 0.05) is 0 Å². The first-order valence-corrected chi connectivity index (χ1v) is 7.22. The van der Waals surface area contributed by atoms with Crippen molar-refractivity contribution >= 4 is 11.6 Å². The van der Waals surface area contributed by atoms with Crippen molar-refractivity contribution in [3.63, 3.8) is 0 Å². The van der Waals surface area contributed by atoms with Gasteiger partial charge in [-0.05, 0) is 49.4 Å². The van der Waals surface area contributed by atoms with Gasteiger partial charge in [-0.15, -0.1) is 0 Å². The van der Waals surface area contributed by atoms with Crippen LogP contribution in [-0.2, 0) is 0 Å². The molecule has 0 radical (unpaired) electrons. The van der Waals surface area contributed by atoms with E-state index in [2.05, 4.69) is 5.32 Å². The maximum absolute atomic E-state index is 6.18. The molecule has 1 unspecified atom stereocenters. The van der Waals surface area contributed by atoms with Gasteiger partial charge < -0.3 is 14.8 Å². The highest BCUT2D eigenvalue weighted by Gasteiger charge is 2.12. The lowest BCUT2D eigenvalue weighted by atomic mass is 10.1. The minimum Gasteiger partial charge on any atom is -0.497 e. The highest BCUT2D eigenvalue weighted by Crippen LogP contribution is 2.27. The third kappa shape index (κ3) is 4.13. The maximum Gasteiger partial charge on any atom is 0.138 e. The zero-order chi connectivity index (χ0) is 15.2. The monoisotopic (exact) mass is 305 g/mol. The molecule has 2 rings (SSSR count). The Labute approximate surface area is 130 Å². The van der Waals surface area contributed by atoms with Gasteiger partial charge in [0.1, 0.15) is 18.1 Å². The van der Waals surface area contributed by atoms with Crippen molar-refractivity contribution in [2.45, 2.75) is 13.0 Å². The number of nitrogens with one attached hydrogen (secondary N) is 1. The third-order valence-corrected chi connectivity index (χ3v) is 3.63. The molecule has 0 aliphatic carbocycles. The normalized spacial score (nSPS) is 12.0. The third-order valence-electron chi connectivity index (χ3n) is 3.34. The van der Waals surface area contributed by atoms with Crippen LogP contribution in [0.15, 0.2) is 42.5 Å². The van der Waals surface area contributed by atoms with Crippen LogP contribution >= 0.6 is 11.6 Å². The number of methoxy groups -OCH3 is 1. The van der Waals surface area contributed by atoms with Gasteiger partial charge in [-0.1, -0.05) is 29.8 Å². The molecule has 0 saturated heterocycles. The molecule has 4 heteroatoms. The minimum atomic E-state index is 0.0671. The van der Waals surface area contributed by atoms with Crippen molar-refractivity contribution in [2.24, 2.45) is 0 Å². The Hall–Kier alpha value is -1.71. The maximum atomic E-state index is 6.18. The summed E-state index contributed by atoms with van der Waals surface area (Å²) in [5, 5.41) is 3.88. The largest absolute Gasteiger partial charge is 0.497 e. The molecule has 2 aromatic carbocycles. The molecule has 1 N–H and O–H groups in total. The van der Waals surface area contributed by atoms with Crippen LogP contribution < -0.4 is 14.8 Å². The number of hydrogen-bond acceptors (Lipinski definition) is 3. The molecule has 0 aliphatic rings. The summed E-state index contributed by atoms with van der Waals surface area (Å²) in [4.78, 5) is 0. The Balaban J connectivity index is 2.08. The van der Waals surface area contributed by atoms with E-state index >= 15 is 0 Å². The number of halogens is 1. The first-order valence-electron chi connectivity index (χ1n) is 6.84. The van der Waals surface area contributed by atoms with Gasteiger partial charge in [0.15, 0.2) is 0 Å². The summed E-state index contributed by atoms with van der Waals surface area (Å²) in [5.74, 6) is 1.53. The van der Waals surface area contributed by atoms with Crippen molar-refractivity contribution in [1.29, 1.82) is 0 Å². The quantitative estimate of drug-likeness (QED) is 0.875. The number of hydrogen-bond donors (Lipinski definition) is 1. The lowest BCUT2D eigenvalue weighted by Crippen LogP contribution is -2.23. The summed E-state index contributed by atoms with van der Waals surface area (Å²) in [6.07, 6.45) is 0. The summed E-state index contributed by atoms with van der Waals surface area (Å²) >= 11 is 6.18. The zero-order valence-electron chi connectivity index (χ0n) is 12.5. The van der Waals surface area contributed by atoms with Gasteiger partial charge in [-0.3, -0.25) is 0 Å². The Bertz CT molecular complexity index is 601. The molecular weight excluding hydrogens is 286 g/mol. The molecule has 2 aromatic rings. The van der Waals surface area contributed by atoms with E-state index in [-0.39, 0.29) is 6.04 Å². The topological polar surface area (TPSA) is 30.5 Å². The first-order chi connectivity index (χ1) is 10.1. The number of benzene rings is 2. The number of likely N-dealkylation sites (N-methyl/N-ethyl adjacent to an activating group) is 1. The molecule has 0 aliphatic heterocycles. The Morgan fingerprint density at radius 1 is 1.19 bits per heavy atom. The van der Waals surface area contributed by atoms with Gasteiger partial charge >= 0.3 is 0 Å². The lowest BCUT2D eigenvalue weighted by molar-refractivity contribution is 0.273. The van der Waals surface area contributed by atoms with Crippen LogP contribution in [0.2, 0.25) is 5.02 Å². The molecule has 0 aromatic heterocycles. The second-order valence-electron chi connectivity index (χ2n) is 4.86. The molecule has 3 nitrogen and oxygen atoms in total. The van der Waals surface area contributed by atoms with Crippen molar-refractivity contribution in [2.75, 3.05) is 20.8 Å². The van der Waals surface area contributed by atoms with Crippen molar-refractivity contribution in [3.8, 4) is 11.5 Å². The lowest BCUT2D eigenvalue weighted by Gasteiger charge is -2.18. The predicted molar refractivity (Wildman–Crippen MR) is 86.5 cm³/mol. The first kappa shape index (κ1) is 15.7. The van der Waals surface area contributed by atoms with Gasteiger partial charge in [0.2, 0.25) is 0 Å². The number of ether oxygens (including phenoxy) is 2. The van der Waals surface area contributed by atoms with E-state index < -0.39 is 0 Å². The fourth-order valence-electron chi connectivity index (χ4n) is 2.10. The SMILES string of the molecule is CNC(COc1ccc(C)cc1Cl)c1cccc(OC)c1. The predicted octanol–water partition coefficient (Wildman–Crippen LogP) is 4.00. The summed E-state index contributed by atoms with van der Waals surface area (Å²) in [7, 11) is 3.57. The molecule has 0 amide bonds. The van der Waals surface area contributed by atoms with Crippen LogP contribution in [0.4, 0.5) is 0 Å². The Morgan fingerprint density at radius 2 is 2.00 bits per heavy atom. The second-order valence-corrected chi connectivity index (χ2v) is 5.27. The van der Waals surface area contributed by atoms with Crippen molar-refractivity contribution in [1.82, 2.24) is 5.32 Å². The molecule has 0 heterocycles. The van der Waals surface area contributed by atoms with Crippen LogP contribution in [0, 0.1) is 6.92 Å². The fraction of sp³-hybridized carbons (Fsp3) is 0.294. The Morgan fingerprint density at radius 3 is 2.67 bits per heavy atom. The molecule has 1 atom stereocenters. The standard InChI is InChI=1S/C17H20ClNO2/c1-12-7-8-17(15(18)9-12)21-11-16(19-2)13-5-4-6-14(10-13)20-3/h4-10,16,19H,11H2,1-3H3. The fourth-order valence-corrected chi connectivity index (χ4v) is 2.39. The summed E-state index contributed by atoms with van der Waals surface area (Å²) in [5.41, 5.74) is 2.23. The molecule has 0 spiro atoms. The molecule has 0 saturated carbocycles. The van der Waals surface area contributed by atoms with Crippen LogP contribution in [0.5, 0.6) is 11.5 Å². The molecular formula is C17H20ClNO2. The number of rotatable bonds is 6. The number of aryl methyl sites for hydroxylation is 1. The Kier molecular flexibility index (Phi) is 5.48. The average molecular weight is 306 g/mol. The van der Waals surface area contributed by atoms with E-state index in [0.717, 1.165) is 16.9 Å². The van der Waals surface area contributed by atoms with E-state index in [9.17, 15) is 0 Å². The van der Waals surface area contributed by atoms with Crippen molar-refractivity contribution in [3.05, 3.63) is 58.6 Å². The molecule has 0 bridgehead atoms. The van der Waals surface area contributed by atoms with Gasteiger partial charge in [-0.25, -0.2) is 0 Å². The minimum absolute atomic E-state index is 0.0671. The van der Waals surface area contributed by atoms with Gasteiger partial charge in [-0.2, -0.15) is 0 Å². The molecule has 21 heavy (non-hydrogen) atoms. The van der Waals surface area contributed by atoms with E-state index in [1.165, 1.54) is 0 Å². The van der Waals surface area contributed by atoms with Gasteiger partial charge in [0.25, 0.3) is 0 Å². The average Bonchev–Trinajstić information content (AvgIpc) is 2.50. The van der Waals surface area contributed by atoms with E-state index in [4.69, 9.17) is 21.1 Å². The highest BCUT2D eigenvalue weighted by atomic mass is 35.5. The summed E-state index contributed by atoms with van der Waals surface area (Å²) in [6, 6.07) is 13.8. The smallest absolute Gasteiger partial charge is 0.138 e. The van der Waals surface area contributed by atoms with Crippen LogP contribution in [0.1, 0.15) is 17.2 Å².